The van der Waals surface area contributed by atoms with Crippen molar-refractivity contribution < 1.29 is 14.2 Å². The topological polar surface area (TPSA) is 34.2 Å². The van der Waals surface area contributed by atoms with Gasteiger partial charge in [-0.05, 0) is 12.1 Å². The van der Waals surface area contributed by atoms with E-state index in [1.54, 1.807) is 21.3 Å². The lowest BCUT2D eigenvalue weighted by molar-refractivity contribution is 0.363. The minimum atomic E-state index is -0.0109. The monoisotopic (exact) mass is 314 g/mol. The predicted octanol–water partition coefficient (Wildman–Crippen LogP) is 3.30. The lowest BCUT2D eigenvalue weighted by Crippen LogP contribution is -2.31. The molecule has 0 fully saturated rings. The Kier molecular flexibility index (Phi) is 3.94. The number of rotatable bonds is 4. The minimum Gasteiger partial charge on any atom is -0.496 e. The summed E-state index contributed by atoms with van der Waals surface area (Å²) in [4.78, 5) is 4.45. The average molecular weight is 314 g/mol. The highest BCUT2D eigenvalue weighted by Gasteiger charge is 2.36. The summed E-state index contributed by atoms with van der Waals surface area (Å²) in [6.45, 7) is 0. The van der Waals surface area contributed by atoms with Crippen LogP contribution in [0.4, 0.5) is 11.4 Å². The predicted molar refractivity (Wildman–Crippen MR) is 92.1 cm³/mol. The number of benzene rings is 2. The Morgan fingerprint density at radius 3 is 1.65 bits per heavy atom. The Morgan fingerprint density at radius 1 is 0.783 bits per heavy atom. The molecule has 122 valence electrons. The van der Waals surface area contributed by atoms with Gasteiger partial charge in [-0.1, -0.05) is 12.1 Å². The minimum absolute atomic E-state index is 0.0109. The highest BCUT2D eigenvalue weighted by atomic mass is 16.5. The summed E-state index contributed by atoms with van der Waals surface area (Å²) in [5.74, 6) is 2.21. The van der Waals surface area contributed by atoms with Gasteiger partial charge in [-0.25, -0.2) is 0 Å². The van der Waals surface area contributed by atoms with Crippen LogP contribution in [0.5, 0.6) is 17.2 Å². The van der Waals surface area contributed by atoms with E-state index in [9.17, 15) is 0 Å². The molecule has 0 aromatic heterocycles. The molecule has 0 aliphatic carbocycles. The van der Waals surface area contributed by atoms with Gasteiger partial charge in [-0.15, -0.1) is 0 Å². The standard InChI is InChI=1S/C18H22N2O3/c1-19-13-8-6-7-9-14(13)20(2)18(19)17-15(22-4)10-12(21-3)11-16(17)23-5/h6-11,18H,1-5H3. The van der Waals surface area contributed by atoms with Crippen LogP contribution >= 0.6 is 0 Å². The maximum atomic E-state index is 5.62. The molecule has 0 saturated carbocycles. The fraction of sp³-hybridized carbons (Fsp3) is 0.333. The zero-order chi connectivity index (χ0) is 16.6. The molecular weight excluding hydrogens is 292 g/mol. The smallest absolute Gasteiger partial charge is 0.135 e. The summed E-state index contributed by atoms with van der Waals surface area (Å²) >= 11 is 0. The van der Waals surface area contributed by atoms with Crippen molar-refractivity contribution in [1.82, 2.24) is 0 Å². The first-order valence-electron chi connectivity index (χ1n) is 7.47. The second kappa shape index (κ2) is 5.91. The van der Waals surface area contributed by atoms with Gasteiger partial charge in [-0.2, -0.15) is 0 Å². The highest BCUT2D eigenvalue weighted by Crippen LogP contribution is 2.49. The molecule has 0 atom stereocenters. The third-order valence-electron chi connectivity index (χ3n) is 4.39. The van der Waals surface area contributed by atoms with Gasteiger partial charge in [0, 0.05) is 26.2 Å². The van der Waals surface area contributed by atoms with Gasteiger partial charge >= 0.3 is 0 Å². The van der Waals surface area contributed by atoms with Gasteiger partial charge in [0.2, 0.25) is 0 Å². The second-order valence-corrected chi connectivity index (χ2v) is 5.53. The molecule has 1 aliphatic heterocycles. The van der Waals surface area contributed by atoms with Gasteiger partial charge < -0.3 is 24.0 Å². The molecule has 23 heavy (non-hydrogen) atoms. The van der Waals surface area contributed by atoms with Gasteiger partial charge in [0.05, 0.1) is 38.3 Å². The Bertz CT molecular complexity index is 663. The Balaban J connectivity index is 2.16. The molecule has 0 saturated heterocycles. The Hall–Kier alpha value is -2.56. The number of hydrogen-bond acceptors (Lipinski definition) is 5. The van der Waals surface area contributed by atoms with Crippen molar-refractivity contribution in [2.45, 2.75) is 6.17 Å². The van der Waals surface area contributed by atoms with Crippen molar-refractivity contribution in [2.24, 2.45) is 0 Å². The number of nitrogens with zero attached hydrogens (tertiary/aromatic N) is 2. The summed E-state index contributed by atoms with van der Waals surface area (Å²) in [7, 11) is 9.13. The largest absolute Gasteiger partial charge is 0.496 e. The van der Waals surface area contributed by atoms with Crippen LogP contribution in [0.25, 0.3) is 0 Å². The first-order chi connectivity index (χ1) is 11.1. The molecule has 0 amide bonds. The number of para-hydroxylation sites is 2. The van der Waals surface area contributed by atoms with Gasteiger partial charge in [-0.3, -0.25) is 0 Å². The fourth-order valence-electron chi connectivity index (χ4n) is 3.26. The molecular formula is C18H22N2O3. The van der Waals surface area contributed by atoms with E-state index in [0.717, 1.165) is 17.1 Å². The van der Waals surface area contributed by atoms with E-state index in [-0.39, 0.29) is 6.17 Å². The number of hydrogen-bond donors (Lipinski definition) is 0. The first-order valence-corrected chi connectivity index (χ1v) is 7.47. The van der Waals surface area contributed by atoms with Crippen molar-refractivity contribution >= 4 is 11.4 Å². The van der Waals surface area contributed by atoms with E-state index >= 15 is 0 Å². The normalized spacial score (nSPS) is 14.0. The Labute approximate surface area is 137 Å². The molecule has 0 bridgehead atoms. The van der Waals surface area contributed by atoms with Gasteiger partial charge in [0.1, 0.15) is 23.4 Å². The maximum absolute atomic E-state index is 5.62. The molecule has 5 nitrogen and oxygen atoms in total. The fourth-order valence-corrected chi connectivity index (χ4v) is 3.26. The zero-order valence-corrected chi connectivity index (χ0v) is 14.2. The zero-order valence-electron chi connectivity index (χ0n) is 14.2. The number of methoxy groups -OCH3 is 3. The number of ether oxygens (including phenoxy) is 3. The molecule has 0 spiro atoms. The van der Waals surface area contributed by atoms with Crippen molar-refractivity contribution in [3.63, 3.8) is 0 Å². The third kappa shape index (κ3) is 2.32. The molecule has 2 aromatic rings. The molecule has 3 rings (SSSR count). The highest BCUT2D eigenvalue weighted by molar-refractivity contribution is 5.78. The number of fused-ring (bicyclic) bond motifs is 1. The van der Waals surface area contributed by atoms with Crippen LogP contribution < -0.4 is 24.0 Å². The second-order valence-electron chi connectivity index (χ2n) is 5.53. The molecule has 0 unspecified atom stereocenters. The lowest BCUT2D eigenvalue weighted by Gasteiger charge is -2.30. The molecule has 1 aliphatic rings. The average Bonchev–Trinajstić information content (AvgIpc) is 2.85. The lowest BCUT2D eigenvalue weighted by atomic mass is 10.1. The van der Waals surface area contributed by atoms with Gasteiger partial charge in [0.15, 0.2) is 0 Å². The summed E-state index contributed by atoms with van der Waals surface area (Å²) < 4.78 is 16.6. The van der Waals surface area contributed by atoms with E-state index in [2.05, 4.69) is 36.0 Å². The molecule has 0 N–H and O–H groups in total. The van der Waals surface area contributed by atoms with Crippen LogP contribution in [-0.2, 0) is 0 Å². The van der Waals surface area contributed by atoms with E-state index in [0.29, 0.717) is 5.75 Å². The first kappa shape index (κ1) is 15.3. The van der Waals surface area contributed by atoms with Crippen LogP contribution in [-0.4, -0.2) is 35.4 Å². The quantitative estimate of drug-likeness (QED) is 0.865. The van der Waals surface area contributed by atoms with E-state index in [4.69, 9.17) is 14.2 Å². The summed E-state index contributed by atoms with van der Waals surface area (Å²) in [5.41, 5.74) is 3.34. The van der Waals surface area contributed by atoms with Gasteiger partial charge in [0.25, 0.3) is 0 Å². The molecule has 2 aromatic carbocycles. The summed E-state index contributed by atoms with van der Waals surface area (Å²) in [5, 5.41) is 0. The van der Waals surface area contributed by atoms with Crippen LogP contribution in [0, 0.1) is 0 Å². The molecule has 0 radical (unpaired) electrons. The van der Waals surface area contributed by atoms with Crippen LogP contribution in [0.15, 0.2) is 36.4 Å². The Morgan fingerprint density at radius 2 is 1.26 bits per heavy atom. The molecule has 5 heteroatoms. The van der Waals surface area contributed by atoms with Crippen molar-refractivity contribution in [3.05, 3.63) is 42.0 Å². The third-order valence-corrected chi connectivity index (χ3v) is 4.39. The van der Waals surface area contributed by atoms with Crippen LogP contribution in [0.3, 0.4) is 0 Å². The van der Waals surface area contributed by atoms with Crippen LogP contribution in [0.1, 0.15) is 11.7 Å². The van der Waals surface area contributed by atoms with Crippen molar-refractivity contribution in [2.75, 3.05) is 45.2 Å². The van der Waals surface area contributed by atoms with Crippen LogP contribution in [0.2, 0.25) is 0 Å². The SMILES string of the molecule is COc1cc(OC)c(C2N(C)c3ccccc3N2C)c(OC)c1. The van der Waals surface area contributed by atoms with E-state index < -0.39 is 0 Å². The molecule has 1 heterocycles. The van der Waals surface area contributed by atoms with Crippen molar-refractivity contribution in [3.8, 4) is 17.2 Å². The summed E-state index contributed by atoms with van der Waals surface area (Å²) in [6.07, 6.45) is -0.0109. The van der Waals surface area contributed by atoms with Crippen molar-refractivity contribution in [1.29, 1.82) is 0 Å². The van der Waals surface area contributed by atoms with E-state index in [1.807, 2.05) is 24.3 Å². The van der Waals surface area contributed by atoms with E-state index in [1.165, 1.54) is 11.4 Å². The maximum Gasteiger partial charge on any atom is 0.135 e. The summed E-state index contributed by atoms with van der Waals surface area (Å²) in [6, 6.07) is 12.1. The number of anilines is 2.